The smallest absolute Gasteiger partial charge is 0.337 e. The van der Waals surface area contributed by atoms with Gasteiger partial charge in [-0.05, 0) is 50.1 Å². The molecule has 4 aromatic rings. The summed E-state index contributed by atoms with van der Waals surface area (Å²) in [7, 11) is 1.28. The number of benzene rings is 3. The number of aliphatic hydroxyl groups is 1. The average Bonchev–Trinajstić information content (AvgIpc) is 3.36. The van der Waals surface area contributed by atoms with Gasteiger partial charge in [0, 0.05) is 34.9 Å². The van der Waals surface area contributed by atoms with Crippen LogP contribution in [0.5, 0.6) is 11.5 Å². The molecular formula is C34H37N5O6. The van der Waals surface area contributed by atoms with Gasteiger partial charge in [0.1, 0.15) is 6.61 Å². The highest BCUT2D eigenvalue weighted by Gasteiger charge is 2.32. The van der Waals surface area contributed by atoms with Crippen LogP contribution in [0.25, 0.3) is 10.9 Å². The highest BCUT2D eigenvalue weighted by atomic mass is 16.5. The first-order valence-electron chi connectivity index (χ1n) is 14.6. The van der Waals surface area contributed by atoms with Crippen molar-refractivity contribution in [2.45, 2.75) is 39.6 Å². The fourth-order valence-corrected chi connectivity index (χ4v) is 5.33. The zero-order valence-corrected chi connectivity index (χ0v) is 25.7. The molecule has 1 aliphatic rings. The molecule has 5 rings (SSSR count). The summed E-state index contributed by atoms with van der Waals surface area (Å²) in [5, 5.41) is 21.3. The number of rotatable bonds is 12. The third-order valence-electron chi connectivity index (χ3n) is 7.35. The van der Waals surface area contributed by atoms with E-state index in [-0.39, 0.29) is 12.2 Å². The number of para-hydroxylation sites is 1. The lowest BCUT2D eigenvalue weighted by atomic mass is 9.95. The molecule has 0 aliphatic carbocycles. The number of hydrazone groups is 1. The highest BCUT2D eigenvalue weighted by molar-refractivity contribution is 5.99. The molecule has 0 saturated carbocycles. The summed E-state index contributed by atoms with van der Waals surface area (Å²) in [6.07, 6.45) is 2.61. The number of carbonyl (C=O) groups is 2. The number of aliphatic hydroxyl groups excluding tert-OH is 1. The molecule has 1 aromatic heterocycles. The Balaban J connectivity index is 1.26. The average molecular weight is 612 g/mol. The fraction of sp³-hybridized carbons (Fsp3) is 0.265. The van der Waals surface area contributed by atoms with E-state index in [4.69, 9.17) is 14.2 Å². The molecule has 0 bridgehead atoms. The number of ether oxygens (including phenoxy) is 3. The number of fused-ring (bicyclic) bond motifs is 1. The van der Waals surface area contributed by atoms with Crippen LogP contribution < -0.4 is 25.5 Å². The van der Waals surface area contributed by atoms with Crippen molar-refractivity contribution >= 4 is 29.1 Å². The lowest BCUT2D eigenvalue weighted by Crippen LogP contribution is -2.45. The van der Waals surface area contributed by atoms with Gasteiger partial charge >= 0.3 is 12.0 Å². The van der Waals surface area contributed by atoms with Crippen molar-refractivity contribution in [3.8, 4) is 11.5 Å². The van der Waals surface area contributed by atoms with Crippen molar-refractivity contribution in [1.29, 1.82) is 0 Å². The summed E-state index contributed by atoms with van der Waals surface area (Å²) in [6, 6.07) is 20.4. The Bertz CT molecular complexity index is 1760. The van der Waals surface area contributed by atoms with Crippen LogP contribution in [0.2, 0.25) is 0 Å². The quantitative estimate of drug-likeness (QED) is 0.0801. The fourth-order valence-electron chi connectivity index (χ4n) is 5.33. The number of urea groups is 1. The maximum Gasteiger partial charge on any atom is 0.337 e. The molecule has 3 aromatic carbocycles. The number of amides is 2. The number of esters is 1. The topological polar surface area (TPSA) is 135 Å². The predicted molar refractivity (Wildman–Crippen MR) is 171 cm³/mol. The van der Waals surface area contributed by atoms with E-state index in [9.17, 15) is 14.7 Å². The van der Waals surface area contributed by atoms with Crippen molar-refractivity contribution < 1.29 is 28.9 Å². The molecule has 2 heterocycles. The van der Waals surface area contributed by atoms with E-state index in [1.165, 1.54) is 18.2 Å². The number of hydrogen-bond donors (Lipinski definition) is 4. The summed E-state index contributed by atoms with van der Waals surface area (Å²) in [5.74, 6) is 0.209. The van der Waals surface area contributed by atoms with Gasteiger partial charge in [-0.1, -0.05) is 54.1 Å². The minimum absolute atomic E-state index is 0.123. The number of aryl methyl sites for hydroxylation is 1. The highest BCUT2D eigenvalue weighted by Crippen LogP contribution is 2.35. The van der Waals surface area contributed by atoms with Gasteiger partial charge in [0.25, 0.3) is 0 Å². The lowest BCUT2D eigenvalue weighted by Gasteiger charge is -2.28. The standard InChI is InChI=1S/C34H37N5O6/c1-5-44-29-16-24(32-31(33(41)43-4)22(3)36-34(42)37-32)13-14-28(29)45-20-30(40)38-35-17-25-19-39(27-12-7-6-11-26(25)27)18-23-10-8-9-21(2)15-23/h6-17,19,30,32,38,40H,5,18,20H2,1-4H3,(H2,36,37,42)/b35-17-/t30-,32+/m0/s1. The van der Waals surface area contributed by atoms with Crippen molar-refractivity contribution in [3.05, 3.63) is 106 Å². The molecule has 11 nitrogen and oxygen atoms in total. The van der Waals surface area contributed by atoms with Crippen LogP contribution in [0.15, 0.2) is 89.3 Å². The van der Waals surface area contributed by atoms with Gasteiger partial charge in [-0.2, -0.15) is 5.10 Å². The first-order chi connectivity index (χ1) is 21.8. The Morgan fingerprint density at radius 3 is 2.69 bits per heavy atom. The molecule has 4 N–H and O–H groups in total. The van der Waals surface area contributed by atoms with Gasteiger partial charge in [0.05, 0.1) is 31.5 Å². The first kappa shape index (κ1) is 31.1. The Morgan fingerprint density at radius 1 is 1.09 bits per heavy atom. The van der Waals surface area contributed by atoms with Crippen LogP contribution >= 0.6 is 0 Å². The SMILES string of the molecule is CCOc1cc([C@H]2NC(=O)NC(C)=C2C(=O)OC)ccc1OC[C@H](O)N/N=C\c1cn(Cc2cccc(C)c2)c2ccccc12. The van der Waals surface area contributed by atoms with Crippen LogP contribution in [0.1, 0.15) is 42.1 Å². The van der Waals surface area contributed by atoms with Gasteiger partial charge in [-0.15, -0.1) is 0 Å². The van der Waals surface area contributed by atoms with Gasteiger partial charge in [0.15, 0.2) is 17.7 Å². The van der Waals surface area contributed by atoms with Crippen LogP contribution in [-0.4, -0.2) is 54.4 Å². The summed E-state index contributed by atoms with van der Waals surface area (Å²) < 4.78 is 18.8. The third kappa shape index (κ3) is 7.27. The van der Waals surface area contributed by atoms with E-state index < -0.39 is 24.3 Å². The number of hydrogen-bond acceptors (Lipinski definition) is 8. The molecular weight excluding hydrogens is 574 g/mol. The Labute approximate surface area is 261 Å². The molecule has 1 aliphatic heterocycles. The molecule has 2 amide bonds. The molecule has 2 atom stereocenters. The molecule has 0 spiro atoms. The predicted octanol–water partition coefficient (Wildman–Crippen LogP) is 4.52. The molecule has 0 radical (unpaired) electrons. The van der Waals surface area contributed by atoms with Crippen LogP contribution in [0, 0.1) is 6.92 Å². The Kier molecular flexibility index (Phi) is 9.69. The van der Waals surface area contributed by atoms with E-state index in [1.807, 2.05) is 31.3 Å². The van der Waals surface area contributed by atoms with E-state index in [0.29, 0.717) is 29.4 Å². The molecule has 0 saturated heterocycles. The van der Waals surface area contributed by atoms with Gasteiger partial charge < -0.3 is 34.5 Å². The number of allylic oxidation sites excluding steroid dienone is 1. The van der Waals surface area contributed by atoms with E-state index in [0.717, 1.165) is 23.0 Å². The van der Waals surface area contributed by atoms with Crippen LogP contribution in [0.4, 0.5) is 4.79 Å². The van der Waals surface area contributed by atoms with E-state index in [2.05, 4.69) is 63.0 Å². The zero-order valence-electron chi connectivity index (χ0n) is 25.7. The minimum Gasteiger partial charge on any atom is -0.490 e. The van der Waals surface area contributed by atoms with Gasteiger partial charge in [-0.3, -0.25) is 5.43 Å². The van der Waals surface area contributed by atoms with Crippen molar-refractivity contribution in [1.82, 2.24) is 20.6 Å². The van der Waals surface area contributed by atoms with Gasteiger partial charge in [0.2, 0.25) is 0 Å². The van der Waals surface area contributed by atoms with Crippen molar-refractivity contribution in [2.24, 2.45) is 5.10 Å². The second-order valence-electron chi connectivity index (χ2n) is 10.6. The molecule has 0 fully saturated rings. The second kappa shape index (κ2) is 14.0. The number of methoxy groups -OCH3 is 1. The van der Waals surface area contributed by atoms with Crippen molar-refractivity contribution in [3.63, 3.8) is 0 Å². The Hall–Kier alpha value is -5.29. The molecule has 11 heteroatoms. The largest absolute Gasteiger partial charge is 0.490 e. The number of nitrogens with one attached hydrogen (secondary N) is 3. The number of carbonyl (C=O) groups excluding carboxylic acids is 2. The monoisotopic (exact) mass is 611 g/mol. The zero-order chi connectivity index (χ0) is 31.9. The van der Waals surface area contributed by atoms with E-state index >= 15 is 0 Å². The number of nitrogens with zero attached hydrogens (tertiary/aromatic N) is 2. The maximum absolute atomic E-state index is 12.5. The lowest BCUT2D eigenvalue weighted by molar-refractivity contribution is -0.136. The third-order valence-corrected chi connectivity index (χ3v) is 7.35. The summed E-state index contributed by atoms with van der Waals surface area (Å²) in [4.78, 5) is 24.7. The van der Waals surface area contributed by atoms with E-state index in [1.54, 1.807) is 31.3 Å². The summed E-state index contributed by atoms with van der Waals surface area (Å²) >= 11 is 0. The second-order valence-corrected chi connectivity index (χ2v) is 10.6. The molecule has 45 heavy (non-hydrogen) atoms. The first-order valence-corrected chi connectivity index (χ1v) is 14.6. The Morgan fingerprint density at radius 2 is 1.91 bits per heavy atom. The summed E-state index contributed by atoms with van der Waals surface area (Å²) in [6.45, 7) is 6.50. The minimum atomic E-state index is -1.11. The maximum atomic E-state index is 12.5. The van der Waals surface area contributed by atoms with Gasteiger partial charge in [-0.25, -0.2) is 9.59 Å². The van der Waals surface area contributed by atoms with Crippen molar-refractivity contribution in [2.75, 3.05) is 20.3 Å². The molecule has 234 valence electrons. The normalized spacial score (nSPS) is 15.5. The van der Waals surface area contributed by atoms with Crippen LogP contribution in [0.3, 0.4) is 0 Å². The number of aromatic nitrogens is 1. The summed E-state index contributed by atoms with van der Waals surface area (Å²) in [5.41, 5.74) is 8.43. The van der Waals surface area contributed by atoms with Crippen LogP contribution in [-0.2, 0) is 16.1 Å². The molecule has 0 unspecified atom stereocenters.